The van der Waals surface area contributed by atoms with Crippen LogP contribution in [-0.2, 0) is 0 Å². The van der Waals surface area contributed by atoms with Gasteiger partial charge in [-0.25, -0.2) is 0 Å². The van der Waals surface area contributed by atoms with Crippen LogP contribution in [0.4, 0.5) is 0 Å². The Morgan fingerprint density at radius 3 is 2.81 bits per heavy atom. The summed E-state index contributed by atoms with van der Waals surface area (Å²) in [5, 5.41) is 2.89. The van der Waals surface area contributed by atoms with Crippen LogP contribution in [0.3, 0.4) is 0 Å². The Bertz CT molecular complexity index is 431. The molecule has 0 radical (unpaired) electrons. The van der Waals surface area contributed by atoms with Crippen LogP contribution >= 0.6 is 11.8 Å². The lowest BCUT2D eigenvalue weighted by Crippen LogP contribution is -2.32. The first-order valence-corrected chi connectivity index (χ1v) is 6.40. The van der Waals surface area contributed by atoms with Gasteiger partial charge in [0.05, 0.1) is 5.56 Å². The molecule has 16 heavy (non-hydrogen) atoms. The predicted molar refractivity (Wildman–Crippen MR) is 64.9 cm³/mol. The minimum Gasteiger partial charge on any atom is -0.351 e. The van der Waals surface area contributed by atoms with Gasteiger partial charge in [-0.15, -0.1) is 0 Å². The van der Waals surface area contributed by atoms with Gasteiger partial charge in [0.1, 0.15) is 0 Å². The Morgan fingerprint density at radius 1 is 1.56 bits per heavy atom. The minimum atomic E-state index is -0.195. The molecule has 0 spiro atoms. The van der Waals surface area contributed by atoms with Gasteiger partial charge in [0.25, 0.3) is 5.91 Å². The topological polar surface area (TPSA) is 62.0 Å². The fourth-order valence-electron chi connectivity index (χ4n) is 1.49. The molecule has 5 heteroatoms. The highest BCUT2D eigenvalue weighted by molar-refractivity contribution is 8.00. The van der Waals surface area contributed by atoms with Crippen LogP contribution < -0.4 is 10.9 Å². The summed E-state index contributed by atoms with van der Waals surface area (Å²) in [4.78, 5) is 25.0. The molecule has 0 unspecified atom stereocenters. The maximum Gasteiger partial charge on any atom is 0.252 e. The molecule has 0 aliphatic heterocycles. The summed E-state index contributed by atoms with van der Waals surface area (Å²) in [7, 11) is 0. The summed E-state index contributed by atoms with van der Waals surface area (Å²) in [5.41, 5.74) is 0.302. The van der Waals surface area contributed by atoms with E-state index in [9.17, 15) is 9.59 Å². The van der Waals surface area contributed by atoms with E-state index in [0.29, 0.717) is 12.1 Å². The zero-order chi connectivity index (χ0) is 11.6. The average Bonchev–Trinajstić information content (AvgIpc) is 3.08. The van der Waals surface area contributed by atoms with E-state index >= 15 is 0 Å². The number of H-pyrrole nitrogens is 1. The molecule has 2 N–H and O–H groups in total. The summed E-state index contributed by atoms with van der Waals surface area (Å²) >= 11 is 1.81. The van der Waals surface area contributed by atoms with Crippen molar-refractivity contribution < 1.29 is 4.79 Å². The largest absolute Gasteiger partial charge is 0.351 e. The van der Waals surface area contributed by atoms with Crippen LogP contribution in [-0.4, -0.2) is 28.4 Å². The number of amides is 1. The monoisotopic (exact) mass is 238 g/mol. The van der Waals surface area contributed by atoms with Crippen molar-refractivity contribution in [2.24, 2.45) is 0 Å². The lowest BCUT2D eigenvalue weighted by molar-refractivity contribution is 0.0952. The molecule has 0 bridgehead atoms. The first-order chi connectivity index (χ1) is 7.65. The van der Waals surface area contributed by atoms with Crippen LogP contribution in [0.15, 0.2) is 23.1 Å². The second-order valence-corrected chi connectivity index (χ2v) is 5.29. The van der Waals surface area contributed by atoms with Crippen molar-refractivity contribution in [1.29, 1.82) is 0 Å². The third kappa shape index (κ3) is 2.47. The molecule has 1 saturated carbocycles. The van der Waals surface area contributed by atoms with E-state index in [1.165, 1.54) is 31.2 Å². The minimum absolute atomic E-state index is 0.128. The summed E-state index contributed by atoms with van der Waals surface area (Å²) < 4.78 is 0.262. The summed E-state index contributed by atoms with van der Waals surface area (Å²) in [6.45, 7) is 0.701. The Hall–Kier alpha value is -1.23. The van der Waals surface area contributed by atoms with E-state index in [-0.39, 0.29) is 16.2 Å². The smallest absolute Gasteiger partial charge is 0.252 e. The number of carbonyl (C=O) groups is 1. The van der Waals surface area contributed by atoms with Crippen molar-refractivity contribution in [1.82, 2.24) is 10.3 Å². The molecule has 86 valence electrons. The highest BCUT2D eigenvalue weighted by Gasteiger charge is 2.41. The number of carbonyl (C=O) groups excluding carboxylic acids is 1. The van der Waals surface area contributed by atoms with Gasteiger partial charge >= 0.3 is 0 Å². The number of thioether (sulfide) groups is 1. The molecule has 1 heterocycles. The van der Waals surface area contributed by atoms with Crippen molar-refractivity contribution in [3.8, 4) is 0 Å². The van der Waals surface area contributed by atoms with Crippen molar-refractivity contribution in [3.63, 3.8) is 0 Å². The number of hydrogen-bond donors (Lipinski definition) is 2. The second kappa shape index (κ2) is 4.33. The average molecular weight is 238 g/mol. The maximum absolute atomic E-state index is 11.7. The molecule has 2 rings (SSSR count). The van der Waals surface area contributed by atoms with E-state index in [4.69, 9.17) is 0 Å². The van der Waals surface area contributed by atoms with Crippen LogP contribution in [0.5, 0.6) is 0 Å². The fraction of sp³-hybridized carbons (Fsp3) is 0.455. The Morgan fingerprint density at radius 2 is 2.31 bits per heavy atom. The Kier molecular flexibility index (Phi) is 3.05. The van der Waals surface area contributed by atoms with Crippen molar-refractivity contribution >= 4 is 17.7 Å². The number of pyridine rings is 1. The molecule has 1 aromatic heterocycles. The van der Waals surface area contributed by atoms with Gasteiger partial charge in [0.2, 0.25) is 5.56 Å². The lowest BCUT2D eigenvalue weighted by atomic mass is 10.2. The van der Waals surface area contributed by atoms with Crippen LogP contribution in [0, 0.1) is 0 Å². The number of nitrogens with one attached hydrogen (secondary N) is 2. The third-order valence-corrected chi connectivity index (χ3v) is 4.28. The molecular formula is C11H14N2O2S. The fourth-order valence-corrected chi connectivity index (χ4v) is 2.21. The summed E-state index contributed by atoms with van der Waals surface area (Å²) in [6.07, 6.45) is 5.84. The van der Waals surface area contributed by atoms with E-state index < -0.39 is 0 Å². The van der Waals surface area contributed by atoms with Gasteiger partial charge in [-0.1, -0.05) is 0 Å². The zero-order valence-electron chi connectivity index (χ0n) is 9.08. The molecule has 1 amide bonds. The van der Waals surface area contributed by atoms with E-state index in [0.717, 1.165) is 0 Å². The van der Waals surface area contributed by atoms with Crippen LogP contribution in [0.1, 0.15) is 23.2 Å². The Labute approximate surface area is 97.8 Å². The lowest BCUT2D eigenvalue weighted by Gasteiger charge is -2.12. The van der Waals surface area contributed by atoms with Crippen molar-refractivity contribution in [3.05, 3.63) is 34.2 Å². The number of aromatic amines is 1. The SMILES string of the molecule is CSC1(CNC(=O)c2ccc(=O)[nH]c2)CC1. The van der Waals surface area contributed by atoms with E-state index in [1.807, 2.05) is 0 Å². The van der Waals surface area contributed by atoms with Gasteiger partial charge in [-0.05, 0) is 25.2 Å². The molecule has 0 saturated heterocycles. The Balaban J connectivity index is 1.93. The normalized spacial score (nSPS) is 16.8. The molecule has 1 aliphatic carbocycles. The molecule has 4 nitrogen and oxygen atoms in total. The molecule has 1 aromatic rings. The first-order valence-electron chi connectivity index (χ1n) is 5.17. The molecule has 1 fully saturated rings. The number of hydrogen-bond acceptors (Lipinski definition) is 3. The van der Waals surface area contributed by atoms with E-state index in [1.54, 1.807) is 11.8 Å². The van der Waals surface area contributed by atoms with Gasteiger partial charge in [-0.2, -0.15) is 11.8 Å². The standard InChI is InChI=1S/C11H14N2O2S/c1-16-11(4-5-11)7-13-10(15)8-2-3-9(14)12-6-8/h2-3,6H,4-5,7H2,1H3,(H,12,14)(H,13,15). The first kappa shape index (κ1) is 11.3. The summed E-state index contributed by atoms with van der Waals surface area (Å²) in [5.74, 6) is -0.128. The van der Waals surface area contributed by atoms with Gasteiger partial charge in [-0.3, -0.25) is 9.59 Å². The maximum atomic E-state index is 11.7. The van der Waals surface area contributed by atoms with Crippen LogP contribution in [0.2, 0.25) is 0 Å². The zero-order valence-corrected chi connectivity index (χ0v) is 9.89. The molecule has 0 aromatic carbocycles. The van der Waals surface area contributed by atoms with Gasteiger partial charge in [0.15, 0.2) is 0 Å². The van der Waals surface area contributed by atoms with Gasteiger partial charge < -0.3 is 10.3 Å². The van der Waals surface area contributed by atoms with E-state index in [2.05, 4.69) is 16.6 Å². The quantitative estimate of drug-likeness (QED) is 0.822. The van der Waals surface area contributed by atoms with Crippen molar-refractivity contribution in [2.45, 2.75) is 17.6 Å². The van der Waals surface area contributed by atoms with Crippen molar-refractivity contribution in [2.75, 3.05) is 12.8 Å². The molecular weight excluding hydrogens is 224 g/mol. The second-order valence-electron chi connectivity index (χ2n) is 4.01. The summed E-state index contributed by atoms with van der Waals surface area (Å²) in [6, 6.07) is 2.89. The highest BCUT2D eigenvalue weighted by atomic mass is 32.2. The number of aromatic nitrogens is 1. The van der Waals surface area contributed by atoms with Crippen LogP contribution in [0.25, 0.3) is 0 Å². The predicted octanol–water partition coefficient (Wildman–Crippen LogP) is 1.00. The third-order valence-electron chi connectivity index (χ3n) is 2.86. The highest BCUT2D eigenvalue weighted by Crippen LogP contribution is 2.46. The molecule has 0 atom stereocenters. The van der Waals surface area contributed by atoms with Gasteiger partial charge in [0, 0.05) is 23.6 Å². The number of rotatable bonds is 4. The molecule has 1 aliphatic rings.